The minimum absolute atomic E-state index is 0.124. The number of amides is 1. The van der Waals surface area contributed by atoms with E-state index in [2.05, 4.69) is 5.32 Å². The van der Waals surface area contributed by atoms with Crippen molar-refractivity contribution in [1.82, 2.24) is 0 Å². The van der Waals surface area contributed by atoms with E-state index in [1.165, 1.54) is 0 Å². The molecule has 0 fully saturated rings. The predicted octanol–water partition coefficient (Wildman–Crippen LogP) is 3.05. The molecule has 0 heterocycles. The number of anilines is 1. The van der Waals surface area contributed by atoms with Gasteiger partial charge in [-0.05, 0) is 38.5 Å². The summed E-state index contributed by atoms with van der Waals surface area (Å²) in [4.78, 5) is 12.3. The van der Waals surface area contributed by atoms with Crippen molar-refractivity contribution < 1.29 is 9.53 Å². The largest absolute Gasteiger partial charge is 0.492 e. The van der Waals surface area contributed by atoms with E-state index in [1.54, 1.807) is 18.2 Å². The van der Waals surface area contributed by atoms with Gasteiger partial charge >= 0.3 is 0 Å². The number of hydrogen-bond acceptors (Lipinski definition) is 3. The second-order valence-electron chi connectivity index (χ2n) is 4.65. The van der Waals surface area contributed by atoms with Crippen LogP contribution in [0.15, 0.2) is 18.2 Å². The van der Waals surface area contributed by atoms with Gasteiger partial charge in [0.2, 0.25) is 5.91 Å². The van der Waals surface area contributed by atoms with Gasteiger partial charge in [0, 0.05) is 11.6 Å². The molecule has 0 aliphatic rings. The van der Waals surface area contributed by atoms with E-state index in [-0.39, 0.29) is 5.91 Å². The van der Waals surface area contributed by atoms with Gasteiger partial charge < -0.3 is 15.8 Å². The van der Waals surface area contributed by atoms with Gasteiger partial charge in [0.25, 0.3) is 0 Å². The molecule has 106 valence electrons. The third-order valence-electron chi connectivity index (χ3n) is 3.27. The highest BCUT2D eigenvalue weighted by Crippen LogP contribution is 2.30. The molecule has 0 aliphatic heterocycles. The van der Waals surface area contributed by atoms with Crippen molar-refractivity contribution in [1.29, 1.82) is 0 Å². The Kier molecular flexibility index (Phi) is 5.63. The molecule has 0 aromatic heterocycles. The minimum atomic E-state index is -0.591. The van der Waals surface area contributed by atoms with E-state index in [0.717, 1.165) is 0 Å². The lowest BCUT2D eigenvalue weighted by atomic mass is 9.86. The maximum Gasteiger partial charge on any atom is 0.231 e. The number of nitrogens with two attached hydrogens (primary N) is 1. The molecule has 5 heteroatoms. The smallest absolute Gasteiger partial charge is 0.231 e. The molecule has 1 unspecified atom stereocenters. The quantitative estimate of drug-likeness (QED) is 0.844. The highest BCUT2D eigenvalue weighted by atomic mass is 35.5. The number of halogens is 1. The summed E-state index contributed by atoms with van der Waals surface area (Å²) in [7, 11) is 0. The van der Waals surface area contributed by atoms with Crippen LogP contribution in [0, 0.1) is 5.41 Å². The number of benzene rings is 1. The third-order valence-corrected chi connectivity index (χ3v) is 3.50. The standard InChI is InChI=1S/C14H21ClN2O2/c1-4-14(3,9-16)13(18)17-11-8-10(15)6-7-12(11)19-5-2/h6-8H,4-5,9,16H2,1-3H3,(H,17,18). The summed E-state index contributed by atoms with van der Waals surface area (Å²) in [5.41, 5.74) is 5.67. The van der Waals surface area contributed by atoms with Crippen molar-refractivity contribution in [3.05, 3.63) is 23.2 Å². The van der Waals surface area contributed by atoms with E-state index in [4.69, 9.17) is 22.1 Å². The monoisotopic (exact) mass is 284 g/mol. The van der Waals surface area contributed by atoms with E-state index >= 15 is 0 Å². The van der Waals surface area contributed by atoms with Crippen LogP contribution in [0.25, 0.3) is 0 Å². The molecular formula is C14H21ClN2O2. The van der Waals surface area contributed by atoms with Crippen LogP contribution in [0.2, 0.25) is 5.02 Å². The molecule has 0 bridgehead atoms. The second-order valence-corrected chi connectivity index (χ2v) is 5.08. The van der Waals surface area contributed by atoms with Gasteiger partial charge in [0.1, 0.15) is 5.75 Å². The van der Waals surface area contributed by atoms with Gasteiger partial charge in [0.15, 0.2) is 0 Å². The lowest BCUT2D eigenvalue weighted by Crippen LogP contribution is -2.39. The molecule has 1 amide bonds. The van der Waals surface area contributed by atoms with Crippen LogP contribution in [0.4, 0.5) is 5.69 Å². The molecule has 3 N–H and O–H groups in total. The molecule has 0 radical (unpaired) electrons. The van der Waals surface area contributed by atoms with Crippen LogP contribution in [-0.2, 0) is 4.79 Å². The fraction of sp³-hybridized carbons (Fsp3) is 0.500. The average Bonchev–Trinajstić information content (AvgIpc) is 2.41. The first kappa shape index (κ1) is 15.8. The van der Waals surface area contributed by atoms with Crippen molar-refractivity contribution in [2.45, 2.75) is 27.2 Å². The van der Waals surface area contributed by atoms with Crippen molar-refractivity contribution in [2.75, 3.05) is 18.5 Å². The molecule has 0 saturated heterocycles. The Labute approximate surface area is 119 Å². The Morgan fingerprint density at radius 1 is 1.47 bits per heavy atom. The zero-order valence-electron chi connectivity index (χ0n) is 11.6. The molecule has 0 spiro atoms. The lowest BCUT2D eigenvalue weighted by Gasteiger charge is -2.25. The Morgan fingerprint density at radius 2 is 2.16 bits per heavy atom. The maximum absolute atomic E-state index is 12.3. The molecular weight excluding hydrogens is 264 g/mol. The molecule has 1 aromatic carbocycles. The summed E-state index contributed by atoms with van der Waals surface area (Å²) < 4.78 is 5.47. The van der Waals surface area contributed by atoms with Crippen molar-refractivity contribution in [3.8, 4) is 5.75 Å². The van der Waals surface area contributed by atoms with Crippen LogP contribution in [0.1, 0.15) is 27.2 Å². The van der Waals surface area contributed by atoms with Gasteiger partial charge in [-0.3, -0.25) is 4.79 Å². The van der Waals surface area contributed by atoms with Gasteiger partial charge in [-0.25, -0.2) is 0 Å². The summed E-state index contributed by atoms with van der Waals surface area (Å²) in [6, 6.07) is 5.15. The van der Waals surface area contributed by atoms with E-state index in [0.29, 0.717) is 36.0 Å². The molecule has 0 saturated carbocycles. The van der Waals surface area contributed by atoms with Crippen LogP contribution in [-0.4, -0.2) is 19.1 Å². The summed E-state index contributed by atoms with van der Waals surface area (Å²) in [5.74, 6) is 0.483. The molecule has 19 heavy (non-hydrogen) atoms. The molecule has 0 aliphatic carbocycles. The van der Waals surface area contributed by atoms with Gasteiger partial charge in [0.05, 0.1) is 17.7 Å². The maximum atomic E-state index is 12.3. The number of nitrogens with one attached hydrogen (secondary N) is 1. The van der Waals surface area contributed by atoms with E-state index < -0.39 is 5.41 Å². The first-order chi connectivity index (χ1) is 8.96. The number of carbonyl (C=O) groups excluding carboxylic acids is 1. The third kappa shape index (κ3) is 3.85. The van der Waals surface area contributed by atoms with Crippen LogP contribution >= 0.6 is 11.6 Å². The summed E-state index contributed by atoms with van der Waals surface area (Å²) >= 11 is 5.95. The first-order valence-corrected chi connectivity index (χ1v) is 6.78. The highest BCUT2D eigenvalue weighted by molar-refractivity contribution is 6.31. The number of ether oxygens (including phenoxy) is 1. The van der Waals surface area contributed by atoms with Crippen LogP contribution in [0.5, 0.6) is 5.75 Å². The SMILES string of the molecule is CCOc1ccc(Cl)cc1NC(=O)C(C)(CC)CN. The van der Waals surface area contributed by atoms with Crippen LogP contribution < -0.4 is 15.8 Å². The Hall–Kier alpha value is -1.26. The van der Waals surface area contributed by atoms with Gasteiger partial charge in [-0.1, -0.05) is 18.5 Å². The zero-order valence-corrected chi connectivity index (χ0v) is 12.4. The fourth-order valence-electron chi connectivity index (χ4n) is 1.55. The van der Waals surface area contributed by atoms with E-state index in [1.807, 2.05) is 20.8 Å². The molecule has 1 aromatic rings. The lowest BCUT2D eigenvalue weighted by molar-refractivity contribution is -0.124. The normalized spacial score (nSPS) is 13.7. The number of carbonyl (C=O) groups is 1. The average molecular weight is 285 g/mol. The summed E-state index contributed by atoms with van der Waals surface area (Å²) in [5, 5.41) is 3.40. The minimum Gasteiger partial charge on any atom is -0.492 e. The summed E-state index contributed by atoms with van der Waals surface area (Å²) in [6.45, 7) is 6.48. The van der Waals surface area contributed by atoms with Crippen molar-refractivity contribution in [3.63, 3.8) is 0 Å². The topological polar surface area (TPSA) is 64.3 Å². The molecule has 4 nitrogen and oxygen atoms in total. The highest BCUT2D eigenvalue weighted by Gasteiger charge is 2.30. The number of rotatable bonds is 6. The van der Waals surface area contributed by atoms with Gasteiger partial charge in [-0.2, -0.15) is 0 Å². The van der Waals surface area contributed by atoms with Crippen molar-refractivity contribution in [2.24, 2.45) is 11.1 Å². The second kappa shape index (κ2) is 6.78. The fourth-order valence-corrected chi connectivity index (χ4v) is 1.72. The first-order valence-electron chi connectivity index (χ1n) is 6.40. The summed E-state index contributed by atoms with van der Waals surface area (Å²) in [6.07, 6.45) is 0.667. The van der Waals surface area contributed by atoms with Gasteiger partial charge in [-0.15, -0.1) is 0 Å². The zero-order chi connectivity index (χ0) is 14.5. The Bertz CT molecular complexity index is 445. The Balaban J connectivity index is 2.98. The molecule has 1 rings (SSSR count). The van der Waals surface area contributed by atoms with Crippen LogP contribution in [0.3, 0.4) is 0 Å². The van der Waals surface area contributed by atoms with E-state index in [9.17, 15) is 4.79 Å². The predicted molar refractivity (Wildman–Crippen MR) is 78.7 cm³/mol. The Morgan fingerprint density at radius 3 is 2.68 bits per heavy atom. The van der Waals surface area contributed by atoms with Crippen molar-refractivity contribution >= 4 is 23.2 Å². The molecule has 1 atom stereocenters. The number of hydrogen-bond donors (Lipinski definition) is 2.